The van der Waals surface area contributed by atoms with Crippen LogP contribution in [-0.2, 0) is 4.74 Å². The molecular weight excluding hydrogens is 114 g/mol. The van der Waals surface area contributed by atoms with Crippen LogP contribution in [-0.4, -0.2) is 36.7 Å². The van der Waals surface area contributed by atoms with Crippen LogP contribution in [0.3, 0.4) is 0 Å². The maximum atomic E-state index is 5.37. The van der Waals surface area contributed by atoms with Crippen LogP contribution >= 0.6 is 0 Å². The average Bonchev–Trinajstić information content (AvgIpc) is 2.64. The van der Waals surface area contributed by atoms with Gasteiger partial charge in [0.25, 0.3) is 0 Å². The summed E-state index contributed by atoms with van der Waals surface area (Å²) in [4.78, 5) is 2.45. The van der Waals surface area contributed by atoms with Gasteiger partial charge in [-0.25, -0.2) is 0 Å². The summed E-state index contributed by atoms with van der Waals surface area (Å²) in [7, 11) is 0. The van der Waals surface area contributed by atoms with Gasteiger partial charge < -0.3 is 9.64 Å². The van der Waals surface area contributed by atoms with Crippen molar-refractivity contribution < 1.29 is 4.74 Å². The van der Waals surface area contributed by atoms with Crippen molar-refractivity contribution in [2.45, 2.75) is 25.6 Å². The van der Waals surface area contributed by atoms with E-state index >= 15 is 0 Å². The van der Waals surface area contributed by atoms with Crippen LogP contribution < -0.4 is 0 Å². The summed E-state index contributed by atoms with van der Waals surface area (Å²) in [6.07, 6.45) is 2.52. The van der Waals surface area contributed by atoms with Gasteiger partial charge in [-0.1, -0.05) is 6.92 Å². The summed E-state index contributed by atoms with van der Waals surface area (Å²) in [6.45, 7) is 5.83. The first-order valence-corrected chi connectivity index (χ1v) is 3.78. The maximum Gasteiger partial charge on any atom is 0.0968 e. The van der Waals surface area contributed by atoms with E-state index in [9.17, 15) is 0 Å². The van der Waals surface area contributed by atoms with E-state index in [0.717, 1.165) is 0 Å². The van der Waals surface area contributed by atoms with Crippen molar-refractivity contribution in [2.24, 2.45) is 0 Å². The molecule has 2 nitrogen and oxygen atoms in total. The van der Waals surface area contributed by atoms with E-state index in [0.29, 0.717) is 12.2 Å². The van der Waals surface area contributed by atoms with Gasteiger partial charge in [0.1, 0.15) is 0 Å². The lowest BCUT2D eigenvalue weighted by Gasteiger charge is -2.21. The molecule has 2 aliphatic heterocycles. The van der Waals surface area contributed by atoms with Gasteiger partial charge in [0.05, 0.1) is 12.2 Å². The van der Waals surface area contributed by atoms with E-state index in [-0.39, 0.29) is 0 Å². The largest absolute Gasteiger partial charge is 0.368 e. The molecule has 52 valence electrons. The average molecular weight is 127 g/mol. The van der Waals surface area contributed by atoms with E-state index in [1.807, 2.05) is 0 Å². The third-order valence-corrected chi connectivity index (χ3v) is 2.30. The van der Waals surface area contributed by atoms with Gasteiger partial charge >= 0.3 is 0 Å². The predicted molar refractivity (Wildman–Crippen MR) is 35.4 cm³/mol. The minimum Gasteiger partial charge on any atom is -0.368 e. The third kappa shape index (κ3) is 0.970. The summed E-state index contributed by atoms with van der Waals surface area (Å²) in [6, 6.07) is 0. The topological polar surface area (TPSA) is 15.8 Å². The summed E-state index contributed by atoms with van der Waals surface area (Å²) < 4.78 is 5.37. The number of nitrogens with zero attached hydrogens (tertiary/aromatic N) is 1. The molecule has 2 saturated heterocycles. The molecule has 0 N–H and O–H groups in total. The number of epoxide rings is 1. The first kappa shape index (κ1) is 5.69. The highest BCUT2D eigenvalue weighted by atomic mass is 16.6. The number of hydrogen-bond acceptors (Lipinski definition) is 2. The summed E-state index contributed by atoms with van der Waals surface area (Å²) >= 11 is 0. The van der Waals surface area contributed by atoms with Crippen LogP contribution in [0.25, 0.3) is 0 Å². The van der Waals surface area contributed by atoms with Crippen molar-refractivity contribution in [3.05, 3.63) is 0 Å². The monoisotopic (exact) mass is 127 g/mol. The molecule has 0 amide bonds. The number of likely N-dealkylation sites (N-methyl/N-ethyl adjacent to an activating group) is 1. The fourth-order valence-corrected chi connectivity index (χ4v) is 1.54. The molecule has 0 aromatic heterocycles. The lowest BCUT2D eigenvalue weighted by Crippen LogP contribution is -2.34. The number of ether oxygens (including phenoxy) is 1. The van der Waals surface area contributed by atoms with Crippen molar-refractivity contribution in [3.8, 4) is 0 Å². The van der Waals surface area contributed by atoms with Gasteiger partial charge in [-0.2, -0.15) is 0 Å². The quantitative estimate of drug-likeness (QED) is 0.476. The Kier molecular flexibility index (Phi) is 1.24. The molecule has 9 heavy (non-hydrogen) atoms. The van der Waals surface area contributed by atoms with Crippen LogP contribution in [0.5, 0.6) is 0 Å². The Morgan fingerprint density at radius 1 is 1.56 bits per heavy atom. The van der Waals surface area contributed by atoms with Crippen molar-refractivity contribution >= 4 is 0 Å². The third-order valence-electron chi connectivity index (χ3n) is 2.30. The van der Waals surface area contributed by atoms with Crippen LogP contribution in [0.15, 0.2) is 0 Å². The molecule has 2 rings (SSSR count). The van der Waals surface area contributed by atoms with Gasteiger partial charge in [0, 0.05) is 13.1 Å². The van der Waals surface area contributed by atoms with E-state index < -0.39 is 0 Å². The van der Waals surface area contributed by atoms with Crippen molar-refractivity contribution in [2.75, 3.05) is 19.6 Å². The molecule has 0 bridgehead atoms. The normalized spacial score (nSPS) is 42.3. The minimum absolute atomic E-state index is 0.610. The number of hydrogen-bond donors (Lipinski definition) is 0. The molecule has 2 unspecified atom stereocenters. The lowest BCUT2D eigenvalue weighted by molar-refractivity contribution is 0.258. The second-order valence-electron chi connectivity index (χ2n) is 2.89. The van der Waals surface area contributed by atoms with E-state index in [2.05, 4.69) is 11.8 Å². The number of likely N-dealkylation sites (tertiary alicyclic amines) is 1. The van der Waals surface area contributed by atoms with E-state index in [1.54, 1.807) is 0 Å². The molecule has 0 aromatic carbocycles. The summed E-state index contributed by atoms with van der Waals surface area (Å²) in [5.74, 6) is 0. The number of fused-ring (bicyclic) bond motifs is 1. The van der Waals surface area contributed by atoms with Crippen LogP contribution in [0, 0.1) is 0 Å². The molecule has 0 radical (unpaired) electrons. The Morgan fingerprint density at radius 2 is 2.44 bits per heavy atom. The Labute approximate surface area is 55.8 Å². The number of piperidine rings is 1. The minimum atomic E-state index is 0.610. The van der Waals surface area contributed by atoms with Gasteiger partial charge in [-0.15, -0.1) is 0 Å². The fourth-order valence-electron chi connectivity index (χ4n) is 1.54. The SMILES string of the molecule is CCN1CCC2OC2C1. The zero-order valence-corrected chi connectivity index (χ0v) is 5.84. The van der Waals surface area contributed by atoms with Crippen molar-refractivity contribution in [3.63, 3.8) is 0 Å². The predicted octanol–water partition coefficient (Wildman–Crippen LogP) is 0.479. The van der Waals surface area contributed by atoms with Crippen LogP contribution in [0.4, 0.5) is 0 Å². The first-order chi connectivity index (χ1) is 4.40. The van der Waals surface area contributed by atoms with Gasteiger partial charge in [-0.3, -0.25) is 0 Å². The van der Waals surface area contributed by atoms with Gasteiger partial charge in [0.2, 0.25) is 0 Å². The van der Waals surface area contributed by atoms with Crippen LogP contribution in [0.2, 0.25) is 0 Å². The standard InChI is InChI=1S/C7H13NO/c1-2-8-4-3-6-7(5-8)9-6/h6-7H,2-5H2,1H3. The Morgan fingerprint density at radius 3 is 3.11 bits per heavy atom. The Hall–Kier alpha value is -0.0800. The van der Waals surface area contributed by atoms with E-state index in [4.69, 9.17) is 4.74 Å². The molecule has 0 spiro atoms. The molecule has 2 atom stereocenters. The van der Waals surface area contributed by atoms with E-state index in [1.165, 1.54) is 26.1 Å². The molecule has 2 heterocycles. The second-order valence-corrected chi connectivity index (χ2v) is 2.89. The lowest BCUT2D eigenvalue weighted by atomic mass is 10.1. The zero-order chi connectivity index (χ0) is 6.27. The fraction of sp³-hybridized carbons (Fsp3) is 1.00. The summed E-state index contributed by atoms with van der Waals surface area (Å²) in [5, 5.41) is 0. The second kappa shape index (κ2) is 1.96. The smallest absolute Gasteiger partial charge is 0.0968 e. The molecule has 2 fully saturated rings. The number of rotatable bonds is 1. The highest BCUT2D eigenvalue weighted by Gasteiger charge is 2.42. The van der Waals surface area contributed by atoms with Crippen LogP contribution in [0.1, 0.15) is 13.3 Å². The Bertz CT molecular complexity index is 115. The maximum absolute atomic E-state index is 5.37. The first-order valence-electron chi connectivity index (χ1n) is 3.78. The highest BCUT2D eigenvalue weighted by molar-refractivity contribution is 4.92. The molecule has 2 aliphatic rings. The molecule has 0 aliphatic carbocycles. The van der Waals surface area contributed by atoms with Gasteiger partial charge in [0.15, 0.2) is 0 Å². The summed E-state index contributed by atoms with van der Waals surface area (Å²) in [5.41, 5.74) is 0. The van der Waals surface area contributed by atoms with Crippen molar-refractivity contribution in [1.82, 2.24) is 4.90 Å². The molecule has 2 heteroatoms. The zero-order valence-electron chi connectivity index (χ0n) is 5.84. The van der Waals surface area contributed by atoms with Crippen molar-refractivity contribution in [1.29, 1.82) is 0 Å². The molecule has 0 saturated carbocycles. The highest BCUT2D eigenvalue weighted by Crippen LogP contribution is 2.30. The van der Waals surface area contributed by atoms with Gasteiger partial charge in [-0.05, 0) is 13.0 Å². The molecule has 0 aromatic rings. The Balaban J connectivity index is 1.86. The molecular formula is C7H13NO.